The topological polar surface area (TPSA) is 55.0 Å². The van der Waals surface area contributed by atoms with Crippen molar-refractivity contribution in [2.75, 3.05) is 17.7 Å². The van der Waals surface area contributed by atoms with Crippen molar-refractivity contribution in [3.8, 4) is 0 Å². The Morgan fingerprint density at radius 2 is 1.89 bits per heavy atom. The summed E-state index contributed by atoms with van der Waals surface area (Å²) in [6.45, 7) is 2.78. The molecule has 5 heteroatoms. The van der Waals surface area contributed by atoms with Gasteiger partial charge in [0.05, 0.1) is 0 Å². The van der Waals surface area contributed by atoms with Crippen LogP contribution in [0.25, 0.3) is 0 Å². The van der Waals surface area contributed by atoms with Gasteiger partial charge in [-0.25, -0.2) is 9.97 Å². The van der Waals surface area contributed by atoms with Gasteiger partial charge in [-0.1, -0.05) is 41.4 Å². The largest absolute Gasteiger partial charge is 0.382 e. The molecular weight excluding hydrogens is 248 g/mol. The monoisotopic (exact) mass is 262 g/mol. The lowest BCUT2D eigenvalue weighted by Gasteiger charge is -2.19. The van der Waals surface area contributed by atoms with E-state index in [0.29, 0.717) is 16.7 Å². The summed E-state index contributed by atoms with van der Waals surface area (Å²) in [7, 11) is 1.92. The van der Waals surface area contributed by atoms with Gasteiger partial charge in [0.2, 0.25) is 0 Å². The average molecular weight is 263 g/mol. The third-order valence-corrected chi connectivity index (χ3v) is 3.06. The molecule has 94 valence electrons. The molecule has 2 N–H and O–H groups in total. The predicted octanol–water partition coefficient (Wildman–Crippen LogP) is 2.66. The Kier molecular flexibility index (Phi) is 3.67. The van der Waals surface area contributed by atoms with Crippen LogP contribution < -0.4 is 10.6 Å². The molecular formula is C13H15ClN4. The fraction of sp³-hybridized carbons (Fsp3) is 0.231. The molecule has 0 bridgehead atoms. The smallest absolute Gasteiger partial charge is 0.153 e. The number of rotatable bonds is 3. The molecule has 4 nitrogen and oxygen atoms in total. The number of aromatic nitrogens is 2. The van der Waals surface area contributed by atoms with Crippen LogP contribution in [-0.2, 0) is 6.54 Å². The molecule has 0 aliphatic carbocycles. The van der Waals surface area contributed by atoms with Crippen LogP contribution in [0.2, 0.25) is 5.02 Å². The highest BCUT2D eigenvalue weighted by molar-refractivity contribution is 6.35. The summed E-state index contributed by atoms with van der Waals surface area (Å²) >= 11 is 6.09. The van der Waals surface area contributed by atoms with Crippen molar-refractivity contribution in [1.29, 1.82) is 0 Å². The van der Waals surface area contributed by atoms with E-state index < -0.39 is 0 Å². The fourth-order valence-corrected chi connectivity index (χ4v) is 1.92. The third-order valence-electron chi connectivity index (χ3n) is 2.70. The molecule has 1 aromatic carbocycles. The normalized spacial score (nSPS) is 10.4. The van der Waals surface area contributed by atoms with Crippen molar-refractivity contribution >= 4 is 23.2 Å². The standard InChI is InChI=1S/C13H15ClN4/c1-9-3-5-10(6-4-9)7-18(2)13-11(14)12(15)16-8-17-13/h3-6,8H,7H2,1-2H3,(H2,15,16,17). The second-order valence-corrected chi connectivity index (χ2v) is 4.62. The van der Waals surface area contributed by atoms with Gasteiger partial charge in [0.25, 0.3) is 0 Å². The molecule has 0 amide bonds. The average Bonchev–Trinajstić information content (AvgIpc) is 2.35. The van der Waals surface area contributed by atoms with Crippen LogP contribution >= 0.6 is 11.6 Å². The lowest BCUT2D eigenvalue weighted by Crippen LogP contribution is -2.18. The van der Waals surface area contributed by atoms with Crippen LogP contribution in [-0.4, -0.2) is 17.0 Å². The molecule has 18 heavy (non-hydrogen) atoms. The maximum atomic E-state index is 6.09. The SMILES string of the molecule is Cc1ccc(CN(C)c2ncnc(N)c2Cl)cc1. The Morgan fingerprint density at radius 1 is 1.22 bits per heavy atom. The summed E-state index contributed by atoms with van der Waals surface area (Å²) in [5.41, 5.74) is 8.09. The van der Waals surface area contributed by atoms with Gasteiger partial charge in [-0.3, -0.25) is 0 Å². The van der Waals surface area contributed by atoms with Crippen LogP contribution in [0.5, 0.6) is 0 Å². The Morgan fingerprint density at radius 3 is 2.56 bits per heavy atom. The summed E-state index contributed by atoms with van der Waals surface area (Å²) in [6, 6.07) is 8.34. The first-order chi connectivity index (χ1) is 8.58. The molecule has 0 spiro atoms. The quantitative estimate of drug-likeness (QED) is 0.924. The predicted molar refractivity (Wildman–Crippen MR) is 74.7 cm³/mol. The molecule has 0 aliphatic rings. The zero-order chi connectivity index (χ0) is 13.1. The van der Waals surface area contributed by atoms with E-state index in [1.54, 1.807) is 0 Å². The van der Waals surface area contributed by atoms with E-state index in [2.05, 4.69) is 41.2 Å². The number of hydrogen-bond acceptors (Lipinski definition) is 4. The minimum Gasteiger partial charge on any atom is -0.382 e. The maximum Gasteiger partial charge on any atom is 0.153 e. The number of aryl methyl sites for hydroxylation is 1. The molecule has 0 saturated carbocycles. The second kappa shape index (κ2) is 5.23. The van der Waals surface area contributed by atoms with E-state index in [1.165, 1.54) is 17.5 Å². The molecule has 0 fully saturated rings. The first-order valence-corrected chi connectivity index (χ1v) is 5.98. The van der Waals surface area contributed by atoms with Crippen molar-refractivity contribution < 1.29 is 0 Å². The van der Waals surface area contributed by atoms with Crippen LogP contribution in [0.15, 0.2) is 30.6 Å². The molecule has 0 unspecified atom stereocenters. The zero-order valence-corrected chi connectivity index (χ0v) is 11.1. The molecule has 0 radical (unpaired) electrons. The van der Waals surface area contributed by atoms with Crippen molar-refractivity contribution in [2.24, 2.45) is 0 Å². The summed E-state index contributed by atoms with van der Waals surface area (Å²) in [6.07, 6.45) is 1.42. The second-order valence-electron chi connectivity index (χ2n) is 4.24. The Bertz CT molecular complexity index is 539. The number of hydrogen-bond donors (Lipinski definition) is 1. The first kappa shape index (κ1) is 12.6. The minimum atomic E-state index is 0.303. The van der Waals surface area contributed by atoms with E-state index >= 15 is 0 Å². The summed E-state index contributed by atoms with van der Waals surface area (Å²) < 4.78 is 0. The van der Waals surface area contributed by atoms with Crippen LogP contribution in [0.4, 0.5) is 11.6 Å². The van der Waals surface area contributed by atoms with Crippen molar-refractivity contribution in [2.45, 2.75) is 13.5 Å². The van der Waals surface area contributed by atoms with E-state index in [9.17, 15) is 0 Å². The Labute approximate surface area is 111 Å². The number of anilines is 2. The molecule has 0 saturated heterocycles. The maximum absolute atomic E-state index is 6.09. The number of nitrogens with zero attached hydrogens (tertiary/aromatic N) is 3. The van der Waals surface area contributed by atoms with Crippen molar-refractivity contribution in [3.63, 3.8) is 0 Å². The summed E-state index contributed by atoms with van der Waals surface area (Å²) in [4.78, 5) is 9.95. The lowest BCUT2D eigenvalue weighted by atomic mass is 10.1. The number of nitrogen functional groups attached to an aromatic ring is 1. The highest BCUT2D eigenvalue weighted by Crippen LogP contribution is 2.26. The highest BCUT2D eigenvalue weighted by Gasteiger charge is 2.11. The fourth-order valence-electron chi connectivity index (χ4n) is 1.68. The van der Waals surface area contributed by atoms with Crippen LogP contribution in [0, 0.1) is 6.92 Å². The van der Waals surface area contributed by atoms with Crippen LogP contribution in [0.3, 0.4) is 0 Å². The summed E-state index contributed by atoms with van der Waals surface area (Å²) in [5.74, 6) is 0.946. The molecule has 2 rings (SSSR count). The summed E-state index contributed by atoms with van der Waals surface area (Å²) in [5, 5.41) is 0.395. The van der Waals surface area contributed by atoms with Gasteiger partial charge >= 0.3 is 0 Å². The van der Waals surface area contributed by atoms with Gasteiger partial charge in [0.15, 0.2) is 5.82 Å². The lowest BCUT2D eigenvalue weighted by molar-refractivity contribution is 0.892. The van der Waals surface area contributed by atoms with Gasteiger partial charge in [-0.05, 0) is 12.5 Å². The van der Waals surface area contributed by atoms with Gasteiger partial charge in [-0.2, -0.15) is 0 Å². The number of halogens is 1. The zero-order valence-electron chi connectivity index (χ0n) is 10.4. The molecule has 0 aliphatic heterocycles. The van der Waals surface area contributed by atoms with Crippen molar-refractivity contribution in [1.82, 2.24) is 9.97 Å². The molecule has 1 heterocycles. The van der Waals surface area contributed by atoms with Crippen molar-refractivity contribution in [3.05, 3.63) is 46.7 Å². The van der Waals surface area contributed by atoms with Gasteiger partial charge in [0, 0.05) is 13.6 Å². The first-order valence-electron chi connectivity index (χ1n) is 5.60. The van der Waals surface area contributed by atoms with E-state index in [4.69, 9.17) is 17.3 Å². The van der Waals surface area contributed by atoms with Gasteiger partial charge in [-0.15, -0.1) is 0 Å². The number of benzene rings is 1. The highest BCUT2D eigenvalue weighted by atomic mass is 35.5. The Hall–Kier alpha value is -1.81. The third kappa shape index (κ3) is 2.71. The molecule has 1 aromatic heterocycles. The van der Waals surface area contributed by atoms with E-state index in [-0.39, 0.29) is 0 Å². The van der Waals surface area contributed by atoms with Crippen LogP contribution in [0.1, 0.15) is 11.1 Å². The number of nitrogens with two attached hydrogens (primary N) is 1. The molecule has 0 atom stereocenters. The molecule has 2 aromatic rings. The minimum absolute atomic E-state index is 0.303. The van der Waals surface area contributed by atoms with Gasteiger partial charge in [0.1, 0.15) is 17.2 Å². The van der Waals surface area contributed by atoms with E-state index in [1.807, 2.05) is 11.9 Å². The Balaban J connectivity index is 2.19. The van der Waals surface area contributed by atoms with Gasteiger partial charge < -0.3 is 10.6 Å². The van der Waals surface area contributed by atoms with E-state index in [0.717, 1.165) is 6.54 Å².